The van der Waals surface area contributed by atoms with Gasteiger partial charge in [0.05, 0.1) is 0 Å². The molecule has 70 valence electrons. The number of rotatable bonds is 3. The summed E-state index contributed by atoms with van der Waals surface area (Å²) in [5.41, 5.74) is 4.56. The number of hydrogen-bond donors (Lipinski definition) is 0. The van der Waals surface area contributed by atoms with Crippen LogP contribution in [0.1, 0.15) is 48.8 Å². The second kappa shape index (κ2) is 3.53. The highest BCUT2D eigenvalue weighted by molar-refractivity contribution is 5.33. The first-order valence-corrected chi connectivity index (χ1v) is 5.40. The molecular weight excluding hydrogens is 156 g/mol. The molecule has 1 aromatic rings. The molecule has 0 heterocycles. The van der Waals surface area contributed by atoms with E-state index in [1.165, 1.54) is 36.8 Å². The average Bonchev–Trinajstić information content (AvgIpc) is 2.85. The Morgan fingerprint density at radius 2 is 2.00 bits per heavy atom. The van der Waals surface area contributed by atoms with E-state index >= 15 is 0 Å². The topological polar surface area (TPSA) is 0 Å². The predicted molar refractivity (Wildman–Crippen MR) is 57.1 cm³/mol. The Morgan fingerprint density at radius 3 is 2.62 bits per heavy atom. The summed E-state index contributed by atoms with van der Waals surface area (Å²) in [7, 11) is 0. The molecule has 0 aromatic heterocycles. The van der Waals surface area contributed by atoms with Crippen molar-refractivity contribution in [1.82, 2.24) is 0 Å². The van der Waals surface area contributed by atoms with Crippen molar-refractivity contribution in [1.29, 1.82) is 0 Å². The van der Waals surface area contributed by atoms with Crippen LogP contribution in [0.15, 0.2) is 18.2 Å². The lowest BCUT2D eigenvalue weighted by atomic mass is 10.0. The van der Waals surface area contributed by atoms with Gasteiger partial charge in [-0.15, -0.1) is 0 Å². The Bertz CT molecular complexity index is 295. The predicted octanol–water partition coefficient (Wildman–Crippen LogP) is 3.82. The first-order valence-electron chi connectivity index (χ1n) is 5.40. The van der Waals surface area contributed by atoms with Gasteiger partial charge in [-0.1, -0.05) is 37.1 Å². The Balaban J connectivity index is 2.25. The Hall–Kier alpha value is -0.780. The quantitative estimate of drug-likeness (QED) is 0.653. The smallest absolute Gasteiger partial charge is 0.0161 e. The van der Waals surface area contributed by atoms with Gasteiger partial charge in [0.2, 0.25) is 0 Å². The highest BCUT2D eigenvalue weighted by Gasteiger charge is 2.23. The fourth-order valence-electron chi connectivity index (χ4n) is 1.98. The van der Waals surface area contributed by atoms with Gasteiger partial charge in [0.1, 0.15) is 0 Å². The van der Waals surface area contributed by atoms with Gasteiger partial charge >= 0.3 is 0 Å². The fraction of sp³-hybridized carbons (Fsp3) is 0.538. The van der Waals surface area contributed by atoms with E-state index in [2.05, 4.69) is 32.0 Å². The molecule has 0 spiro atoms. The summed E-state index contributed by atoms with van der Waals surface area (Å²) in [5.74, 6) is 0.899. The van der Waals surface area contributed by atoms with Crippen LogP contribution in [0.3, 0.4) is 0 Å². The zero-order valence-electron chi connectivity index (χ0n) is 8.64. The summed E-state index contributed by atoms with van der Waals surface area (Å²) in [6.07, 6.45) is 5.32. The van der Waals surface area contributed by atoms with Crippen LogP contribution in [0, 0.1) is 6.92 Å². The summed E-state index contributed by atoms with van der Waals surface area (Å²) in [5, 5.41) is 0. The van der Waals surface area contributed by atoms with E-state index in [0.29, 0.717) is 0 Å². The zero-order valence-corrected chi connectivity index (χ0v) is 8.64. The highest BCUT2D eigenvalue weighted by atomic mass is 14.3. The number of benzene rings is 1. The molecular formula is C13H18. The molecule has 0 unspecified atom stereocenters. The lowest BCUT2D eigenvalue weighted by Gasteiger charge is -2.05. The van der Waals surface area contributed by atoms with Crippen LogP contribution in [-0.2, 0) is 6.42 Å². The molecule has 0 bridgehead atoms. The number of hydrogen-bond acceptors (Lipinski definition) is 0. The van der Waals surface area contributed by atoms with Crippen LogP contribution in [-0.4, -0.2) is 0 Å². The third-order valence-electron chi connectivity index (χ3n) is 2.75. The van der Waals surface area contributed by atoms with Gasteiger partial charge in [0, 0.05) is 0 Å². The summed E-state index contributed by atoms with van der Waals surface area (Å²) < 4.78 is 0. The van der Waals surface area contributed by atoms with Crippen LogP contribution in [0.2, 0.25) is 0 Å². The normalized spacial score (nSPS) is 16.2. The monoisotopic (exact) mass is 174 g/mol. The van der Waals surface area contributed by atoms with Gasteiger partial charge < -0.3 is 0 Å². The van der Waals surface area contributed by atoms with Gasteiger partial charge in [-0.2, -0.15) is 0 Å². The third kappa shape index (κ3) is 2.12. The van der Waals surface area contributed by atoms with Crippen molar-refractivity contribution in [3.63, 3.8) is 0 Å². The average molecular weight is 174 g/mol. The van der Waals surface area contributed by atoms with E-state index in [1.54, 1.807) is 5.56 Å². The lowest BCUT2D eigenvalue weighted by molar-refractivity contribution is 0.914. The van der Waals surface area contributed by atoms with Crippen molar-refractivity contribution in [2.45, 2.75) is 45.4 Å². The maximum atomic E-state index is 2.41. The van der Waals surface area contributed by atoms with Crippen molar-refractivity contribution in [3.05, 3.63) is 34.9 Å². The van der Waals surface area contributed by atoms with Crippen molar-refractivity contribution in [2.75, 3.05) is 0 Å². The summed E-state index contributed by atoms with van der Waals surface area (Å²) >= 11 is 0. The van der Waals surface area contributed by atoms with Crippen molar-refractivity contribution >= 4 is 0 Å². The molecule has 1 saturated carbocycles. The van der Waals surface area contributed by atoms with Gasteiger partial charge in [-0.25, -0.2) is 0 Å². The van der Waals surface area contributed by atoms with Crippen LogP contribution in [0.5, 0.6) is 0 Å². The molecule has 0 radical (unpaired) electrons. The van der Waals surface area contributed by atoms with E-state index in [-0.39, 0.29) is 0 Å². The lowest BCUT2D eigenvalue weighted by Crippen LogP contribution is -1.88. The molecule has 0 atom stereocenters. The van der Waals surface area contributed by atoms with E-state index < -0.39 is 0 Å². The van der Waals surface area contributed by atoms with Gasteiger partial charge in [-0.3, -0.25) is 0 Å². The Labute approximate surface area is 81.0 Å². The largest absolute Gasteiger partial charge is 0.0651 e. The zero-order chi connectivity index (χ0) is 9.26. The molecule has 13 heavy (non-hydrogen) atoms. The standard InChI is InChI=1S/C13H18/c1-3-4-11-7-10(2)8-13(9-11)12-5-6-12/h7-9,12H,3-6H2,1-2H3. The summed E-state index contributed by atoms with van der Waals surface area (Å²) in [6, 6.07) is 7.10. The molecule has 0 amide bonds. The molecule has 0 nitrogen and oxygen atoms in total. The maximum Gasteiger partial charge on any atom is -0.0161 e. The summed E-state index contributed by atoms with van der Waals surface area (Å²) in [6.45, 7) is 4.46. The minimum Gasteiger partial charge on any atom is -0.0651 e. The minimum atomic E-state index is 0.899. The van der Waals surface area contributed by atoms with Crippen molar-refractivity contribution in [2.24, 2.45) is 0 Å². The van der Waals surface area contributed by atoms with Crippen molar-refractivity contribution in [3.8, 4) is 0 Å². The van der Waals surface area contributed by atoms with Gasteiger partial charge in [0.25, 0.3) is 0 Å². The molecule has 0 N–H and O–H groups in total. The van der Waals surface area contributed by atoms with Crippen LogP contribution >= 0.6 is 0 Å². The molecule has 1 fully saturated rings. The summed E-state index contributed by atoms with van der Waals surface area (Å²) in [4.78, 5) is 0. The van der Waals surface area contributed by atoms with Gasteiger partial charge in [0.15, 0.2) is 0 Å². The van der Waals surface area contributed by atoms with Crippen molar-refractivity contribution < 1.29 is 0 Å². The van der Waals surface area contributed by atoms with Crippen LogP contribution in [0.25, 0.3) is 0 Å². The molecule has 1 aromatic carbocycles. The maximum absolute atomic E-state index is 2.41. The first kappa shape index (κ1) is 8.80. The van der Waals surface area contributed by atoms with E-state index in [9.17, 15) is 0 Å². The molecule has 0 heteroatoms. The van der Waals surface area contributed by atoms with E-state index in [1.807, 2.05) is 0 Å². The second-order valence-corrected chi connectivity index (χ2v) is 4.28. The van der Waals surface area contributed by atoms with Gasteiger partial charge in [-0.05, 0) is 43.2 Å². The molecule has 2 rings (SSSR count). The SMILES string of the molecule is CCCc1cc(C)cc(C2CC2)c1. The third-order valence-corrected chi connectivity index (χ3v) is 2.75. The fourth-order valence-corrected chi connectivity index (χ4v) is 1.98. The first-order chi connectivity index (χ1) is 6.29. The Kier molecular flexibility index (Phi) is 2.39. The molecule has 0 saturated heterocycles. The molecule has 0 aliphatic heterocycles. The molecule has 1 aliphatic rings. The van der Waals surface area contributed by atoms with Crippen LogP contribution in [0.4, 0.5) is 0 Å². The second-order valence-electron chi connectivity index (χ2n) is 4.28. The number of aryl methyl sites for hydroxylation is 2. The Morgan fingerprint density at radius 1 is 1.23 bits per heavy atom. The molecule has 1 aliphatic carbocycles. The van der Waals surface area contributed by atoms with E-state index in [4.69, 9.17) is 0 Å². The van der Waals surface area contributed by atoms with E-state index in [0.717, 1.165) is 5.92 Å². The highest BCUT2D eigenvalue weighted by Crippen LogP contribution is 2.40. The minimum absolute atomic E-state index is 0.899. The van der Waals surface area contributed by atoms with Crippen LogP contribution < -0.4 is 0 Å².